The second kappa shape index (κ2) is 7.93. The van der Waals surface area contributed by atoms with E-state index < -0.39 is 23.4 Å². The van der Waals surface area contributed by atoms with E-state index in [2.05, 4.69) is 19.9 Å². The quantitative estimate of drug-likeness (QED) is 0.425. The van der Waals surface area contributed by atoms with Crippen LogP contribution in [0.25, 0.3) is 0 Å². The molecule has 12 atom stereocenters. The third-order valence-corrected chi connectivity index (χ3v) is 10.4. The van der Waals surface area contributed by atoms with E-state index >= 15 is 0 Å². The Morgan fingerprint density at radius 2 is 1.94 bits per heavy atom. The van der Waals surface area contributed by atoms with E-state index in [9.17, 15) is 9.59 Å². The van der Waals surface area contributed by atoms with Crippen molar-refractivity contribution in [2.75, 3.05) is 6.61 Å². The zero-order valence-corrected chi connectivity index (χ0v) is 21.4. The molecule has 0 N–H and O–H groups in total. The van der Waals surface area contributed by atoms with E-state index in [1.807, 2.05) is 13.8 Å². The van der Waals surface area contributed by atoms with Crippen LogP contribution in [0, 0.1) is 34.5 Å². The highest BCUT2D eigenvalue weighted by molar-refractivity contribution is 5.72. The van der Waals surface area contributed by atoms with Crippen LogP contribution in [-0.4, -0.2) is 55.0 Å². The third-order valence-electron chi connectivity index (χ3n) is 10.4. The molecule has 4 saturated heterocycles. The Kier molecular flexibility index (Phi) is 5.38. The fraction of sp³-hybridized carbons (Fsp3) is 0.852. The van der Waals surface area contributed by atoms with Crippen molar-refractivity contribution in [1.82, 2.24) is 0 Å². The molecule has 0 aromatic heterocycles. The van der Waals surface area contributed by atoms with Crippen LogP contribution < -0.4 is 0 Å². The molecule has 0 aromatic carbocycles. The van der Waals surface area contributed by atoms with Crippen LogP contribution in [-0.2, 0) is 38.0 Å². The average molecular weight is 491 g/mol. The Hall–Kier alpha value is -1.64. The summed E-state index contributed by atoms with van der Waals surface area (Å²) >= 11 is 0. The monoisotopic (exact) mass is 490 g/mol. The number of rotatable bonds is 5. The van der Waals surface area contributed by atoms with Crippen molar-refractivity contribution in [3.8, 4) is 0 Å². The van der Waals surface area contributed by atoms with Crippen LogP contribution in [0.1, 0.15) is 66.7 Å². The Morgan fingerprint density at radius 3 is 2.60 bits per heavy atom. The van der Waals surface area contributed by atoms with E-state index in [0.717, 1.165) is 19.3 Å². The van der Waals surface area contributed by atoms with Crippen molar-refractivity contribution in [3.63, 3.8) is 0 Å². The number of hydrogen-bond acceptors (Lipinski definition) is 8. The molecule has 2 spiro atoms. The van der Waals surface area contributed by atoms with Crippen LogP contribution in [0.5, 0.6) is 0 Å². The van der Waals surface area contributed by atoms with Gasteiger partial charge in [-0.1, -0.05) is 27.7 Å². The summed E-state index contributed by atoms with van der Waals surface area (Å²) in [5.74, 6) is -0.376. The Balaban J connectivity index is 1.45. The third kappa shape index (κ3) is 3.15. The number of epoxide rings is 1. The van der Waals surface area contributed by atoms with Crippen LogP contribution in [0.4, 0.5) is 0 Å². The van der Waals surface area contributed by atoms with Crippen LogP contribution in [0.2, 0.25) is 0 Å². The first-order valence-electron chi connectivity index (χ1n) is 13.3. The van der Waals surface area contributed by atoms with Gasteiger partial charge in [-0.05, 0) is 43.6 Å². The largest absolute Gasteiger partial charge is 0.472 e. The Labute approximate surface area is 207 Å². The van der Waals surface area contributed by atoms with E-state index in [1.165, 1.54) is 6.92 Å². The van der Waals surface area contributed by atoms with Gasteiger partial charge in [-0.25, -0.2) is 0 Å². The second-order valence-electron chi connectivity index (χ2n) is 12.0. The van der Waals surface area contributed by atoms with Gasteiger partial charge < -0.3 is 28.4 Å². The highest BCUT2D eigenvalue weighted by Gasteiger charge is 2.83. The number of carbonyl (C=O) groups excluding carboxylic acids is 2. The molecule has 8 heteroatoms. The van der Waals surface area contributed by atoms with Gasteiger partial charge in [0.1, 0.15) is 17.1 Å². The van der Waals surface area contributed by atoms with E-state index in [-0.39, 0.29) is 59.5 Å². The Bertz CT molecular complexity index is 928. The molecule has 2 aliphatic carbocycles. The summed E-state index contributed by atoms with van der Waals surface area (Å²) < 4.78 is 37.3. The van der Waals surface area contributed by atoms with Gasteiger partial charge in [0.25, 0.3) is 0 Å². The SMILES string of the molecule is CCC(C)C(=O)O[C@H]1O[C@@H]2CC3C1([C@@H](OC(C)=O)C[C@@H](C)[C@]3(C)[C@@H]1C[C@H]3C=CO[C@H]3O1)C1(CO1)C2. The van der Waals surface area contributed by atoms with Gasteiger partial charge in [-0.15, -0.1) is 0 Å². The molecule has 8 nitrogen and oxygen atoms in total. The summed E-state index contributed by atoms with van der Waals surface area (Å²) in [4.78, 5) is 25.4. The lowest BCUT2D eigenvalue weighted by atomic mass is 9.40. The second-order valence-corrected chi connectivity index (χ2v) is 12.0. The molecular weight excluding hydrogens is 452 g/mol. The van der Waals surface area contributed by atoms with Crippen molar-refractivity contribution in [1.29, 1.82) is 0 Å². The first-order chi connectivity index (χ1) is 16.7. The first kappa shape index (κ1) is 23.7. The maximum atomic E-state index is 13.1. The smallest absolute Gasteiger partial charge is 0.310 e. The maximum absolute atomic E-state index is 13.1. The fourth-order valence-electron chi connectivity index (χ4n) is 8.18. The molecule has 0 aromatic rings. The van der Waals surface area contributed by atoms with Gasteiger partial charge in [-0.3, -0.25) is 9.59 Å². The molecule has 7 aliphatic rings. The minimum atomic E-state index is -0.822. The number of carbonyl (C=O) groups is 2. The molecule has 5 heterocycles. The van der Waals surface area contributed by atoms with Crippen molar-refractivity contribution in [3.05, 3.63) is 12.3 Å². The zero-order valence-electron chi connectivity index (χ0n) is 21.4. The Morgan fingerprint density at radius 1 is 1.17 bits per heavy atom. The van der Waals surface area contributed by atoms with Gasteiger partial charge in [0.2, 0.25) is 12.6 Å². The highest BCUT2D eigenvalue weighted by atomic mass is 16.7. The van der Waals surface area contributed by atoms with Crippen molar-refractivity contribution >= 4 is 11.9 Å². The highest BCUT2D eigenvalue weighted by Crippen LogP contribution is 2.74. The van der Waals surface area contributed by atoms with Gasteiger partial charge in [0.05, 0.1) is 31.0 Å². The van der Waals surface area contributed by atoms with E-state index in [1.54, 1.807) is 6.26 Å². The molecule has 5 aliphatic heterocycles. The molecule has 2 saturated carbocycles. The summed E-state index contributed by atoms with van der Waals surface area (Å²) in [7, 11) is 0. The van der Waals surface area contributed by atoms with Crippen LogP contribution >= 0.6 is 0 Å². The van der Waals surface area contributed by atoms with E-state index in [0.29, 0.717) is 19.4 Å². The number of hydrogen-bond donors (Lipinski definition) is 0. The lowest BCUT2D eigenvalue weighted by Gasteiger charge is -2.69. The summed E-state index contributed by atoms with van der Waals surface area (Å²) in [6, 6.07) is 0. The molecule has 35 heavy (non-hydrogen) atoms. The normalized spacial score (nSPS) is 51.9. The fourth-order valence-corrected chi connectivity index (χ4v) is 8.18. The molecule has 0 radical (unpaired) electrons. The minimum Gasteiger partial charge on any atom is -0.472 e. The van der Waals surface area contributed by atoms with Crippen molar-refractivity contribution < 1.29 is 38.0 Å². The first-order valence-corrected chi connectivity index (χ1v) is 13.3. The molecular formula is C27H38O8. The topological polar surface area (TPSA) is 92.8 Å². The van der Waals surface area contributed by atoms with Gasteiger partial charge >= 0.3 is 11.9 Å². The lowest BCUT2D eigenvalue weighted by Crippen LogP contribution is -2.77. The predicted octanol–water partition coefficient (Wildman–Crippen LogP) is 3.72. The molecule has 194 valence electrons. The summed E-state index contributed by atoms with van der Waals surface area (Å²) in [6.45, 7) is 10.4. The summed E-state index contributed by atoms with van der Waals surface area (Å²) in [5, 5.41) is 0. The molecule has 4 unspecified atom stereocenters. The van der Waals surface area contributed by atoms with Gasteiger partial charge in [-0.2, -0.15) is 0 Å². The van der Waals surface area contributed by atoms with Crippen LogP contribution in [0.3, 0.4) is 0 Å². The summed E-state index contributed by atoms with van der Waals surface area (Å²) in [6.07, 6.45) is 5.91. The minimum absolute atomic E-state index is 0.0284. The number of ether oxygens (including phenoxy) is 6. The molecule has 0 amide bonds. The van der Waals surface area contributed by atoms with Gasteiger partial charge in [0, 0.05) is 24.7 Å². The molecule has 7 rings (SSSR count). The van der Waals surface area contributed by atoms with E-state index in [4.69, 9.17) is 28.4 Å². The number of fused-ring (bicyclic) bond motifs is 2. The standard InChI is InChI=1S/C27H38O8/c1-6-14(2)22(29)35-24-27-19(11-18(33-24)12-26(27)13-31-26)25(5,15(3)9-21(27)32-16(4)28)20-10-17-7-8-30-23(17)34-20/h7-8,14-15,17-21,23-24H,6,9-13H2,1-5H3/t14?,15-,17-,18-,19?,20+,21+,23+,24-,25+,26?,27?/m1/s1. The maximum Gasteiger partial charge on any atom is 0.310 e. The summed E-state index contributed by atoms with van der Waals surface area (Å²) in [5.41, 5.74) is -1.57. The van der Waals surface area contributed by atoms with Crippen molar-refractivity contribution in [2.24, 2.45) is 34.5 Å². The zero-order chi connectivity index (χ0) is 24.8. The van der Waals surface area contributed by atoms with Gasteiger partial charge in [0.15, 0.2) is 0 Å². The molecule has 6 fully saturated rings. The predicted molar refractivity (Wildman–Crippen MR) is 122 cm³/mol. The van der Waals surface area contributed by atoms with Crippen LogP contribution in [0.15, 0.2) is 12.3 Å². The lowest BCUT2D eigenvalue weighted by molar-refractivity contribution is -0.376. The number of esters is 2. The molecule has 2 bridgehead atoms. The average Bonchev–Trinajstić information content (AvgIpc) is 3.23. The van der Waals surface area contributed by atoms with Crippen molar-refractivity contribution in [2.45, 2.75) is 103 Å².